The van der Waals surface area contributed by atoms with Crippen molar-refractivity contribution in [1.82, 2.24) is 0 Å². The van der Waals surface area contributed by atoms with Crippen LogP contribution in [-0.2, 0) is 9.53 Å². The van der Waals surface area contributed by atoms with Crippen molar-refractivity contribution in [3.63, 3.8) is 0 Å². The van der Waals surface area contributed by atoms with Gasteiger partial charge in [0.2, 0.25) is 0 Å². The first kappa shape index (κ1) is 14.0. The molecular formula is C14H15NO5. The lowest BCUT2D eigenvalue weighted by molar-refractivity contribution is -0.384. The quantitative estimate of drug-likeness (QED) is 0.482. The molecule has 106 valence electrons. The number of nitro benzene ring substituents is 1. The second kappa shape index (κ2) is 4.96. The van der Waals surface area contributed by atoms with Gasteiger partial charge in [-0.25, -0.2) is 4.79 Å². The minimum atomic E-state index is -0.675. The van der Waals surface area contributed by atoms with Crippen molar-refractivity contribution < 1.29 is 19.2 Å². The first-order chi connectivity index (χ1) is 9.34. The molecule has 0 amide bonds. The highest BCUT2D eigenvalue weighted by atomic mass is 16.6. The van der Waals surface area contributed by atoms with E-state index in [9.17, 15) is 14.9 Å². The minimum absolute atomic E-state index is 0.0951. The Kier molecular flexibility index (Phi) is 3.48. The molecule has 1 aromatic carbocycles. The summed E-state index contributed by atoms with van der Waals surface area (Å²) in [6, 6.07) is 4.18. The average molecular weight is 277 g/mol. The summed E-state index contributed by atoms with van der Waals surface area (Å²) < 4.78 is 10.7. The molecule has 0 aromatic heterocycles. The maximum absolute atomic E-state index is 12.0. The Morgan fingerprint density at radius 1 is 1.45 bits per heavy atom. The Morgan fingerprint density at radius 2 is 2.15 bits per heavy atom. The molecule has 0 fully saturated rings. The lowest BCUT2D eigenvalue weighted by Gasteiger charge is -2.30. The summed E-state index contributed by atoms with van der Waals surface area (Å²) >= 11 is 0. The van der Waals surface area contributed by atoms with E-state index in [-0.39, 0.29) is 12.3 Å². The fraction of sp³-hybridized carbons (Fsp3) is 0.357. The fourth-order valence-corrected chi connectivity index (χ4v) is 2.05. The van der Waals surface area contributed by atoms with Crippen molar-refractivity contribution in [2.75, 3.05) is 6.61 Å². The van der Waals surface area contributed by atoms with E-state index in [0.29, 0.717) is 16.9 Å². The highest BCUT2D eigenvalue weighted by Crippen LogP contribution is 2.38. The van der Waals surface area contributed by atoms with E-state index in [1.54, 1.807) is 26.8 Å². The van der Waals surface area contributed by atoms with Crippen LogP contribution in [0.25, 0.3) is 5.57 Å². The number of hydrogen-bond acceptors (Lipinski definition) is 5. The Hall–Kier alpha value is -2.37. The maximum atomic E-state index is 12.0. The molecule has 1 aliphatic heterocycles. The molecule has 0 saturated heterocycles. The van der Waals surface area contributed by atoms with E-state index in [1.165, 1.54) is 18.2 Å². The molecule has 6 heteroatoms. The van der Waals surface area contributed by atoms with Crippen LogP contribution in [0.2, 0.25) is 0 Å². The summed E-state index contributed by atoms with van der Waals surface area (Å²) in [7, 11) is 0. The van der Waals surface area contributed by atoms with Crippen molar-refractivity contribution >= 4 is 17.2 Å². The van der Waals surface area contributed by atoms with Crippen LogP contribution in [-0.4, -0.2) is 23.1 Å². The van der Waals surface area contributed by atoms with Gasteiger partial charge in [0.25, 0.3) is 5.69 Å². The molecule has 0 bridgehead atoms. The molecule has 1 aliphatic rings. The SMILES string of the molecule is CCOC(=O)C1=CC(C)(C)Oc2ccc([N+](=O)[O-])cc21. The fourth-order valence-electron chi connectivity index (χ4n) is 2.05. The number of carbonyl (C=O) groups is 1. The van der Waals surface area contributed by atoms with Gasteiger partial charge in [-0.15, -0.1) is 0 Å². The first-order valence-corrected chi connectivity index (χ1v) is 6.22. The van der Waals surface area contributed by atoms with Crippen LogP contribution in [0.5, 0.6) is 5.75 Å². The third-order valence-electron chi connectivity index (χ3n) is 2.82. The Bertz CT molecular complexity index is 604. The highest BCUT2D eigenvalue weighted by Gasteiger charge is 2.31. The molecule has 0 atom stereocenters. The van der Waals surface area contributed by atoms with Gasteiger partial charge in [0.1, 0.15) is 11.4 Å². The zero-order valence-corrected chi connectivity index (χ0v) is 11.5. The Balaban J connectivity index is 2.55. The van der Waals surface area contributed by atoms with Gasteiger partial charge in [0.15, 0.2) is 0 Å². The monoisotopic (exact) mass is 277 g/mol. The van der Waals surface area contributed by atoms with Gasteiger partial charge in [-0.05, 0) is 32.9 Å². The van der Waals surface area contributed by atoms with Crippen molar-refractivity contribution in [2.45, 2.75) is 26.4 Å². The van der Waals surface area contributed by atoms with Gasteiger partial charge in [-0.3, -0.25) is 10.1 Å². The summed E-state index contributed by atoms with van der Waals surface area (Å²) in [6.07, 6.45) is 1.62. The van der Waals surface area contributed by atoms with Crippen LogP contribution >= 0.6 is 0 Å². The third-order valence-corrected chi connectivity index (χ3v) is 2.82. The molecule has 0 saturated carbocycles. The van der Waals surface area contributed by atoms with E-state index in [0.717, 1.165) is 0 Å². The number of non-ortho nitro benzene ring substituents is 1. The molecule has 0 unspecified atom stereocenters. The van der Waals surface area contributed by atoms with E-state index in [1.807, 2.05) is 0 Å². The van der Waals surface area contributed by atoms with Crippen molar-refractivity contribution in [3.8, 4) is 5.75 Å². The molecule has 1 aromatic rings. The summed E-state index contributed by atoms with van der Waals surface area (Å²) in [5, 5.41) is 10.8. The van der Waals surface area contributed by atoms with Gasteiger partial charge >= 0.3 is 5.97 Å². The zero-order valence-electron chi connectivity index (χ0n) is 11.5. The molecule has 0 aliphatic carbocycles. The molecule has 0 radical (unpaired) electrons. The van der Waals surface area contributed by atoms with Crippen molar-refractivity contribution in [1.29, 1.82) is 0 Å². The normalized spacial score (nSPS) is 15.7. The molecule has 20 heavy (non-hydrogen) atoms. The van der Waals surface area contributed by atoms with Crippen molar-refractivity contribution in [3.05, 3.63) is 40.0 Å². The number of ether oxygens (including phenoxy) is 2. The highest BCUT2D eigenvalue weighted by molar-refractivity contribution is 6.18. The Labute approximate surface area is 116 Å². The van der Waals surface area contributed by atoms with Gasteiger partial charge < -0.3 is 9.47 Å². The van der Waals surface area contributed by atoms with E-state index < -0.39 is 16.5 Å². The molecule has 0 spiro atoms. The van der Waals surface area contributed by atoms with Gasteiger partial charge in [-0.1, -0.05) is 0 Å². The number of nitrogens with zero attached hydrogens (tertiary/aromatic N) is 1. The van der Waals surface area contributed by atoms with Crippen LogP contribution in [0.1, 0.15) is 26.3 Å². The Morgan fingerprint density at radius 3 is 2.75 bits per heavy atom. The standard InChI is InChI=1S/C14H15NO5/c1-4-19-13(16)11-8-14(2,3)20-12-6-5-9(15(17)18)7-10(11)12/h5-8H,4H2,1-3H3. The number of hydrogen-bond donors (Lipinski definition) is 0. The summed E-state index contributed by atoms with van der Waals surface area (Å²) in [5.74, 6) is -0.0724. The summed E-state index contributed by atoms with van der Waals surface area (Å²) in [4.78, 5) is 22.3. The second-order valence-corrected chi connectivity index (χ2v) is 4.92. The largest absolute Gasteiger partial charge is 0.483 e. The summed E-state index contributed by atoms with van der Waals surface area (Å²) in [5.41, 5.74) is -0.0911. The lowest BCUT2D eigenvalue weighted by atomic mass is 9.94. The zero-order chi connectivity index (χ0) is 14.9. The van der Waals surface area contributed by atoms with E-state index in [2.05, 4.69) is 0 Å². The van der Waals surface area contributed by atoms with Crippen LogP contribution in [0.3, 0.4) is 0 Å². The van der Waals surface area contributed by atoms with Crippen LogP contribution < -0.4 is 4.74 Å². The number of nitro groups is 1. The smallest absolute Gasteiger partial charge is 0.338 e. The number of rotatable bonds is 3. The first-order valence-electron chi connectivity index (χ1n) is 6.22. The molecular weight excluding hydrogens is 262 g/mol. The van der Waals surface area contributed by atoms with Gasteiger partial charge in [-0.2, -0.15) is 0 Å². The third kappa shape index (κ3) is 2.64. The average Bonchev–Trinajstić information content (AvgIpc) is 2.36. The maximum Gasteiger partial charge on any atom is 0.338 e. The molecule has 2 rings (SSSR count). The van der Waals surface area contributed by atoms with Crippen LogP contribution in [0, 0.1) is 10.1 Å². The topological polar surface area (TPSA) is 78.7 Å². The lowest BCUT2D eigenvalue weighted by Crippen LogP contribution is -2.30. The number of carbonyl (C=O) groups excluding carboxylic acids is 1. The van der Waals surface area contributed by atoms with Crippen LogP contribution in [0.15, 0.2) is 24.3 Å². The predicted molar refractivity (Wildman–Crippen MR) is 72.4 cm³/mol. The second-order valence-electron chi connectivity index (χ2n) is 4.92. The number of esters is 1. The minimum Gasteiger partial charge on any atom is -0.483 e. The summed E-state index contributed by atoms with van der Waals surface area (Å²) in [6.45, 7) is 5.55. The predicted octanol–water partition coefficient (Wildman–Crippen LogP) is 2.71. The number of fused-ring (bicyclic) bond motifs is 1. The van der Waals surface area contributed by atoms with Crippen molar-refractivity contribution in [2.24, 2.45) is 0 Å². The van der Waals surface area contributed by atoms with Gasteiger partial charge in [0.05, 0.1) is 17.1 Å². The number of benzene rings is 1. The van der Waals surface area contributed by atoms with Crippen LogP contribution in [0.4, 0.5) is 5.69 Å². The molecule has 0 N–H and O–H groups in total. The van der Waals surface area contributed by atoms with E-state index >= 15 is 0 Å². The van der Waals surface area contributed by atoms with Gasteiger partial charge in [0, 0.05) is 17.7 Å². The molecule has 6 nitrogen and oxygen atoms in total. The van der Waals surface area contributed by atoms with E-state index in [4.69, 9.17) is 9.47 Å². The molecule has 1 heterocycles.